The normalized spacial score (nSPS) is 17.8. The van der Waals surface area contributed by atoms with Gasteiger partial charge in [-0.05, 0) is 42.0 Å². The Labute approximate surface area is 138 Å². The van der Waals surface area contributed by atoms with Crippen LogP contribution >= 0.6 is 0 Å². The number of benzene rings is 1. The van der Waals surface area contributed by atoms with Crippen LogP contribution in [0.1, 0.15) is 10.5 Å². The fourth-order valence-electron chi connectivity index (χ4n) is 2.78. The monoisotopic (exact) mass is 332 g/mol. The number of carboxylic acid groups (broad SMARTS) is 1. The molecule has 2 heterocycles. The van der Waals surface area contributed by atoms with Gasteiger partial charge in [0.1, 0.15) is 11.5 Å². The van der Waals surface area contributed by atoms with Crippen LogP contribution in [0.4, 0.5) is 4.39 Å². The molecular formula is C17H17FN2O4. The van der Waals surface area contributed by atoms with E-state index in [2.05, 4.69) is 0 Å². The third-order valence-electron chi connectivity index (χ3n) is 4.11. The van der Waals surface area contributed by atoms with Gasteiger partial charge in [0.25, 0.3) is 5.91 Å². The first-order valence-corrected chi connectivity index (χ1v) is 7.52. The molecule has 1 aromatic carbocycles. The van der Waals surface area contributed by atoms with Crippen LogP contribution in [0.2, 0.25) is 0 Å². The lowest BCUT2D eigenvalue weighted by molar-refractivity contribution is -0.154. The fraction of sp³-hybridized carbons (Fsp3) is 0.294. The molecule has 1 N–H and O–H groups in total. The lowest BCUT2D eigenvalue weighted by Crippen LogP contribution is -2.48. The van der Waals surface area contributed by atoms with Gasteiger partial charge >= 0.3 is 5.97 Å². The van der Waals surface area contributed by atoms with Crippen LogP contribution in [0.25, 0.3) is 11.3 Å². The molecule has 3 rings (SSSR count). The molecule has 1 aliphatic rings. The maximum Gasteiger partial charge on any atom is 0.334 e. The van der Waals surface area contributed by atoms with E-state index in [9.17, 15) is 14.0 Å². The van der Waals surface area contributed by atoms with Crippen LogP contribution in [-0.4, -0.2) is 52.3 Å². The predicted octanol–water partition coefficient (Wildman–Crippen LogP) is 1.76. The minimum absolute atomic E-state index is 0.0191. The average Bonchev–Trinajstić information content (AvgIpc) is 2.96. The van der Waals surface area contributed by atoms with E-state index < -0.39 is 12.1 Å². The number of aromatic nitrogens is 1. The molecular weight excluding hydrogens is 315 g/mol. The van der Waals surface area contributed by atoms with Crippen LogP contribution in [-0.2, 0) is 16.6 Å². The lowest BCUT2D eigenvalue weighted by atomic mass is 10.1. The van der Waals surface area contributed by atoms with E-state index in [0.717, 1.165) is 11.3 Å². The molecule has 7 heteroatoms. The number of hydrogen-bond acceptors (Lipinski definition) is 3. The Kier molecular flexibility index (Phi) is 4.35. The molecule has 1 amide bonds. The summed E-state index contributed by atoms with van der Waals surface area (Å²) in [4.78, 5) is 25.2. The van der Waals surface area contributed by atoms with E-state index in [-0.39, 0.29) is 24.9 Å². The number of rotatable bonds is 3. The van der Waals surface area contributed by atoms with Crippen LogP contribution in [0.15, 0.2) is 36.4 Å². The quantitative estimate of drug-likeness (QED) is 0.930. The van der Waals surface area contributed by atoms with Crippen molar-refractivity contribution in [1.29, 1.82) is 0 Å². The van der Waals surface area contributed by atoms with Gasteiger partial charge in [-0.2, -0.15) is 0 Å². The molecule has 1 unspecified atom stereocenters. The number of amides is 1. The number of carboxylic acids is 1. The van der Waals surface area contributed by atoms with Crippen LogP contribution < -0.4 is 0 Å². The Balaban J connectivity index is 1.83. The van der Waals surface area contributed by atoms with Gasteiger partial charge in [0, 0.05) is 19.3 Å². The zero-order valence-electron chi connectivity index (χ0n) is 13.1. The molecule has 0 bridgehead atoms. The molecule has 1 saturated heterocycles. The van der Waals surface area contributed by atoms with Gasteiger partial charge in [-0.3, -0.25) is 4.79 Å². The topological polar surface area (TPSA) is 71.8 Å². The molecule has 6 nitrogen and oxygen atoms in total. The number of ether oxygens (including phenoxy) is 1. The molecule has 0 saturated carbocycles. The molecule has 1 aliphatic heterocycles. The second-order valence-corrected chi connectivity index (χ2v) is 5.62. The summed E-state index contributed by atoms with van der Waals surface area (Å²) < 4.78 is 19.9. The van der Waals surface area contributed by atoms with Gasteiger partial charge in [-0.1, -0.05) is 0 Å². The van der Waals surface area contributed by atoms with E-state index in [0.29, 0.717) is 12.2 Å². The van der Waals surface area contributed by atoms with Gasteiger partial charge in [-0.25, -0.2) is 9.18 Å². The van der Waals surface area contributed by atoms with Gasteiger partial charge in [0.05, 0.1) is 13.2 Å². The van der Waals surface area contributed by atoms with Crippen molar-refractivity contribution in [3.8, 4) is 11.3 Å². The summed E-state index contributed by atoms with van der Waals surface area (Å²) in [5, 5.41) is 9.04. The fourth-order valence-corrected chi connectivity index (χ4v) is 2.78. The molecule has 1 atom stereocenters. The molecule has 2 aromatic rings. The Hall–Kier alpha value is -2.67. The van der Waals surface area contributed by atoms with Crippen molar-refractivity contribution >= 4 is 11.9 Å². The summed E-state index contributed by atoms with van der Waals surface area (Å²) in [6.07, 6.45) is -1.00. The summed E-state index contributed by atoms with van der Waals surface area (Å²) in [6.45, 7) is 0.558. The summed E-state index contributed by atoms with van der Waals surface area (Å²) in [5.41, 5.74) is 2.02. The first-order valence-electron chi connectivity index (χ1n) is 7.52. The Morgan fingerprint density at radius 3 is 2.58 bits per heavy atom. The van der Waals surface area contributed by atoms with Gasteiger partial charge in [0.2, 0.25) is 0 Å². The van der Waals surface area contributed by atoms with Crippen molar-refractivity contribution in [2.75, 3.05) is 19.7 Å². The summed E-state index contributed by atoms with van der Waals surface area (Å²) in [6, 6.07) is 9.50. The van der Waals surface area contributed by atoms with E-state index in [1.54, 1.807) is 35.9 Å². The molecule has 0 spiro atoms. The second-order valence-electron chi connectivity index (χ2n) is 5.62. The third-order valence-corrected chi connectivity index (χ3v) is 4.11. The van der Waals surface area contributed by atoms with E-state index in [1.165, 1.54) is 17.0 Å². The molecule has 1 fully saturated rings. The second kappa shape index (κ2) is 6.45. The Morgan fingerprint density at radius 1 is 1.21 bits per heavy atom. The minimum Gasteiger partial charge on any atom is -0.479 e. The molecule has 0 aliphatic carbocycles. The highest BCUT2D eigenvalue weighted by atomic mass is 19.1. The SMILES string of the molecule is Cn1c(C(=O)N2CCOC(C(=O)O)C2)ccc1-c1ccc(F)cc1. The van der Waals surface area contributed by atoms with E-state index >= 15 is 0 Å². The van der Waals surface area contributed by atoms with Crippen molar-refractivity contribution in [2.24, 2.45) is 7.05 Å². The number of carbonyl (C=O) groups excluding carboxylic acids is 1. The lowest BCUT2D eigenvalue weighted by Gasteiger charge is -2.31. The van der Waals surface area contributed by atoms with Crippen LogP contribution in [0, 0.1) is 5.82 Å². The number of morpholine rings is 1. The van der Waals surface area contributed by atoms with Crippen molar-refractivity contribution in [3.63, 3.8) is 0 Å². The van der Waals surface area contributed by atoms with Gasteiger partial charge in [-0.15, -0.1) is 0 Å². The zero-order valence-corrected chi connectivity index (χ0v) is 13.1. The number of halogens is 1. The first kappa shape index (κ1) is 16.2. The summed E-state index contributed by atoms with van der Waals surface area (Å²) in [5.74, 6) is -1.65. The molecule has 126 valence electrons. The number of hydrogen-bond donors (Lipinski definition) is 1. The highest BCUT2D eigenvalue weighted by Gasteiger charge is 2.30. The number of aliphatic carboxylic acids is 1. The number of carbonyl (C=O) groups is 2. The highest BCUT2D eigenvalue weighted by molar-refractivity contribution is 5.94. The van der Waals surface area contributed by atoms with Gasteiger partial charge in [0.15, 0.2) is 6.10 Å². The third kappa shape index (κ3) is 3.03. The Bertz CT molecular complexity index is 769. The van der Waals surface area contributed by atoms with Crippen LogP contribution in [0.5, 0.6) is 0 Å². The van der Waals surface area contributed by atoms with E-state index in [4.69, 9.17) is 9.84 Å². The van der Waals surface area contributed by atoms with Crippen molar-refractivity contribution in [3.05, 3.63) is 47.9 Å². The largest absolute Gasteiger partial charge is 0.479 e. The average molecular weight is 332 g/mol. The standard InChI is InChI=1S/C17H17FN2O4/c1-19-13(11-2-4-12(18)5-3-11)6-7-14(19)16(21)20-8-9-24-15(10-20)17(22)23/h2-7,15H,8-10H2,1H3,(H,22,23). The summed E-state index contributed by atoms with van der Waals surface area (Å²) >= 11 is 0. The van der Waals surface area contributed by atoms with Crippen molar-refractivity contribution in [1.82, 2.24) is 9.47 Å². The van der Waals surface area contributed by atoms with Crippen molar-refractivity contribution in [2.45, 2.75) is 6.10 Å². The maximum absolute atomic E-state index is 13.1. The molecule has 24 heavy (non-hydrogen) atoms. The Morgan fingerprint density at radius 2 is 1.92 bits per heavy atom. The first-order chi connectivity index (χ1) is 11.5. The zero-order chi connectivity index (χ0) is 17.3. The summed E-state index contributed by atoms with van der Waals surface area (Å²) in [7, 11) is 1.75. The molecule has 1 aromatic heterocycles. The molecule has 0 radical (unpaired) electrons. The van der Waals surface area contributed by atoms with Gasteiger partial charge < -0.3 is 19.3 Å². The smallest absolute Gasteiger partial charge is 0.334 e. The predicted molar refractivity (Wildman–Crippen MR) is 84.1 cm³/mol. The minimum atomic E-state index is -1.08. The van der Waals surface area contributed by atoms with Crippen LogP contribution in [0.3, 0.4) is 0 Å². The maximum atomic E-state index is 13.1. The van der Waals surface area contributed by atoms with Crippen molar-refractivity contribution < 1.29 is 23.8 Å². The number of nitrogens with zero attached hydrogens (tertiary/aromatic N) is 2. The highest BCUT2D eigenvalue weighted by Crippen LogP contribution is 2.23. The van der Waals surface area contributed by atoms with E-state index in [1.807, 2.05) is 0 Å².